The van der Waals surface area contributed by atoms with Gasteiger partial charge in [0.2, 0.25) is 0 Å². The molecule has 25 heavy (non-hydrogen) atoms. The van der Waals surface area contributed by atoms with E-state index in [1.165, 1.54) is 42.8 Å². The van der Waals surface area contributed by atoms with Crippen LogP contribution in [0.15, 0.2) is 30.7 Å². The Morgan fingerprint density at radius 1 is 1.20 bits per heavy atom. The molecular weight excluding hydrogens is 328 g/mol. The molecule has 1 aromatic carbocycles. The highest BCUT2D eigenvalue weighted by molar-refractivity contribution is 5.37. The summed E-state index contributed by atoms with van der Waals surface area (Å²) in [5.74, 6) is -0.684. The third-order valence-electron chi connectivity index (χ3n) is 4.13. The lowest BCUT2D eigenvalue weighted by molar-refractivity contribution is 0.276. The van der Waals surface area contributed by atoms with Crippen LogP contribution >= 0.6 is 0 Å². The minimum atomic E-state index is -0.670. The van der Waals surface area contributed by atoms with Gasteiger partial charge in [-0.3, -0.25) is 0 Å². The summed E-state index contributed by atoms with van der Waals surface area (Å²) in [7, 11) is 0. The Labute approximate surface area is 142 Å². The second-order valence-corrected chi connectivity index (χ2v) is 6.02. The van der Waals surface area contributed by atoms with E-state index in [0.717, 1.165) is 5.56 Å². The molecule has 0 N–H and O–H groups in total. The quantitative estimate of drug-likeness (QED) is 0.712. The SMILES string of the molecule is Cc1c(F)ccc(-n2cc(COc3ncc(C4CC4)cn3)nn2)c1F. The van der Waals surface area contributed by atoms with Gasteiger partial charge in [-0.25, -0.2) is 23.4 Å². The summed E-state index contributed by atoms with van der Waals surface area (Å²) in [4.78, 5) is 8.33. The van der Waals surface area contributed by atoms with Crippen LogP contribution in [0.1, 0.15) is 35.6 Å². The Hall–Kier alpha value is -2.90. The lowest BCUT2D eigenvalue weighted by atomic mass is 10.2. The van der Waals surface area contributed by atoms with E-state index >= 15 is 0 Å². The van der Waals surface area contributed by atoms with E-state index in [9.17, 15) is 8.78 Å². The largest absolute Gasteiger partial charge is 0.457 e. The van der Waals surface area contributed by atoms with Gasteiger partial charge in [0.15, 0.2) is 5.82 Å². The first-order valence-electron chi connectivity index (χ1n) is 7.93. The van der Waals surface area contributed by atoms with Gasteiger partial charge in [-0.05, 0) is 43.4 Å². The number of benzene rings is 1. The van der Waals surface area contributed by atoms with Gasteiger partial charge in [0.1, 0.15) is 23.8 Å². The molecule has 0 amide bonds. The van der Waals surface area contributed by atoms with Crippen molar-refractivity contribution in [3.63, 3.8) is 0 Å². The molecule has 1 aliphatic rings. The zero-order chi connectivity index (χ0) is 17.4. The lowest BCUT2D eigenvalue weighted by Gasteiger charge is -2.05. The van der Waals surface area contributed by atoms with Crippen molar-refractivity contribution >= 4 is 0 Å². The highest BCUT2D eigenvalue weighted by atomic mass is 19.1. The molecule has 1 fully saturated rings. The Balaban J connectivity index is 1.45. The van der Waals surface area contributed by atoms with E-state index in [1.54, 1.807) is 12.4 Å². The number of nitrogens with zero attached hydrogens (tertiary/aromatic N) is 5. The van der Waals surface area contributed by atoms with Gasteiger partial charge in [-0.15, -0.1) is 5.10 Å². The lowest BCUT2D eigenvalue weighted by Crippen LogP contribution is -2.02. The number of hydrogen-bond donors (Lipinski definition) is 0. The van der Waals surface area contributed by atoms with E-state index in [0.29, 0.717) is 11.6 Å². The molecule has 2 heterocycles. The van der Waals surface area contributed by atoms with Gasteiger partial charge < -0.3 is 4.74 Å². The van der Waals surface area contributed by atoms with E-state index < -0.39 is 11.6 Å². The van der Waals surface area contributed by atoms with E-state index in [-0.39, 0.29) is 23.9 Å². The van der Waals surface area contributed by atoms with E-state index in [2.05, 4.69) is 20.3 Å². The van der Waals surface area contributed by atoms with Crippen LogP contribution in [-0.4, -0.2) is 25.0 Å². The van der Waals surface area contributed by atoms with Crippen molar-refractivity contribution in [3.05, 3.63) is 59.2 Å². The van der Waals surface area contributed by atoms with Crippen molar-refractivity contribution in [1.29, 1.82) is 0 Å². The van der Waals surface area contributed by atoms with Gasteiger partial charge in [0, 0.05) is 18.0 Å². The van der Waals surface area contributed by atoms with E-state index in [1.807, 2.05) is 0 Å². The topological polar surface area (TPSA) is 65.7 Å². The molecule has 0 atom stereocenters. The molecule has 1 aliphatic carbocycles. The fourth-order valence-corrected chi connectivity index (χ4v) is 2.47. The predicted octanol–water partition coefficient (Wildman–Crippen LogP) is 3.10. The number of aromatic nitrogens is 5. The van der Waals surface area contributed by atoms with Crippen LogP contribution < -0.4 is 4.74 Å². The molecule has 0 bridgehead atoms. The van der Waals surface area contributed by atoms with Crippen LogP contribution in [-0.2, 0) is 6.61 Å². The van der Waals surface area contributed by atoms with Crippen molar-refractivity contribution in [2.45, 2.75) is 32.3 Å². The average molecular weight is 343 g/mol. The first kappa shape index (κ1) is 15.6. The fraction of sp³-hybridized carbons (Fsp3) is 0.294. The molecule has 0 aliphatic heterocycles. The zero-order valence-electron chi connectivity index (χ0n) is 13.5. The highest BCUT2D eigenvalue weighted by Crippen LogP contribution is 2.39. The van der Waals surface area contributed by atoms with Crippen molar-refractivity contribution in [2.75, 3.05) is 0 Å². The first-order chi connectivity index (χ1) is 12.1. The maximum atomic E-state index is 14.1. The van der Waals surface area contributed by atoms with Crippen molar-refractivity contribution in [2.24, 2.45) is 0 Å². The fourth-order valence-electron chi connectivity index (χ4n) is 2.47. The Morgan fingerprint density at radius 2 is 1.96 bits per heavy atom. The third-order valence-corrected chi connectivity index (χ3v) is 4.13. The second-order valence-electron chi connectivity index (χ2n) is 6.02. The van der Waals surface area contributed by atoms with Gasteiger partial charge in [-0.1, -0.05) is 5.21 Å². The Morgan fingerprint density at radius 3 is 2.68 bits per heavy atom. The Kier molecular flexibility index (Phi) is 3.87. The number of ether oxygens (including phenoxy) is 1. The summed E-state index contributed by atoms with van der Waals surface area (Å²) in [6, 6.07) is 2.76. The predicted molar refractivity (Wildman–Crippen MR) is 84.4 cm³/mol. The van der Waals surface area contributed by atoms with Crippen LogP contribution in [0.3, 0.4) is 0 Å². The molecule has 1 saturated carbocycles. The summed E-state index contributed by atoms with van der Waals surface area (Å²) < 4.78 is 34.2. The molecule has 2 aromatic heterocycles. The molecule has 0 saturated heterocycles. The average Bonchev–Trinajstić information content (AvgIpc) is 3.37. The smallest absolute Gasteiger partial charge is 0.316 e. The van der Waals surface area contributed by atoms with Crippen LogP contribution in [0, 0.1) is 18.6 Å². The third kappa shape index (κ3) is 3.19. The molecule has 8 heteroatoms. The second kappa shape index (κ2) is 6.19. The summed E-state index contributed by atoms with van der Waals surface area (Å²) >= 11 is 0. The summed E-state index contributed by atoms with van der Waals surface area (Å²) in [6.45, 7) is 1.47. The molecule has 6 nitrogen and oxygen atoms in total. The van der Waals surface area contributed by atoms with Crippen LogP contribution in [0.4, 0.5) is 8.78 Å². The maximum absolute atomic E-state index is 14.1. The van der Waals surface area contributed by atoms with Crippen LogP contribution in [0.2, 0.25) is 0 Å². The number of halogens is 2. The van der Waals surface area contributed by atoms with Crippen molar-refractivity contribution in [3.8, 4) is 11.7 Å². The first-order valence-corrected chi connectivity index (χ1v) is 7.93. The summed E-state index contributed by atoms with van der Waals surface area (Å²) in [5, 5.41) is 7.79. The van der Waals surface area contributed by atoms with Gasteiger partial charge in [0.25, 0.3) is 0 Å². The zero-order valence-corrected chi connectivity index (χ0v) is 13.5. The van der Waals surface area contributed by atoms with Crippen molar-refractivity contribution in [1.82, 2.24) is 25.0 Å². The molecule has 0 radical (unpaired) electrons. The molecule has 0 spiro atoms. The molecular formula is C17H15F2N5O. The monoisotopic (exact) mass is 343 g/mol. The van der Waals surface area contributed by atoms with Crippen molar-refractivity contribution < 1.29 is 13.5 Å². The normalized spacial score (nSPS) is 13.9. The molecule has 128 valence electrons. The maximum Gasteiger partial charge on any atom is 0.316 e. The van der Waals surface area contributed by atoms with E-state index in [4.69, 9.17) is 4.74 Å². The van der Waals surface area contributed by atoms with Gasteiger partial charge >= 0.3 is 6.01 Å². The molecule has 3 aromatic rings. The molecule has 4 rings (SSSR count). The van der Waals surface area contributed by atoms with Gasteiger partial charge in [0.05, 0.1) is 6.20 Å². The van der Waals surface area contributed by atoms with Gasteiger partial charge in [-0.2, -0.15) is 0 Å². The standard InChI is InChI=1S/C17H15F2N5O/c1-10-14(18)4-5-15(16(10)19)24-8-13(22-23-24)9-25-17-20-6-12(7-21-17)11-2-3-11/h4-8,11H,2-3,9H2,1H3. The Bertz CT molecular complexity index is 906. The minimum absolute atomic E-state index is 0.0602. The number of rotatable bonds is 5. The highest BCUT2D eigenvalue weighted by Gasteiger charge is 2.24. The minimum Gasteiger partial charge on any atom is -0.457 e. The molecule has 0 unspecified atom stereocenters. The summed E-state index contributed by atoms with van der Waals surface area (Å²) in [5.41, 5.74) is 1.68. The van der Waals surface area contributed by atoms with Crippen LogP contribution in [0.25, 0.3) is 5.69 Å². The van der Waals surface area contributed by atoms with Crippen LogP contribution in [0.5, 0.6) is 6.01 Å². The number of hydrogen-bond acceptors (Lipinski definition) is 5. The summed E-state index contributed by atoms with van der Waals surface area (Å²) in [6.07, 6.45) is 7.44.